The van der Waals surface area contributed by atoms with Crippen molar-refractivity contribution in [3.8, 4) is 5.75 Å². The highest BCUT2D eigenvalue weighted by Crippen LogP contribution is 2.28. The van der Waals surface area contributed by atoms with E-state index in [-0.39, 0.29) is 17.0 Å². The van der Waals surface area contributed by atoms with Crippen molar-refractivity contribution >= 4 is 26.0 Å². The van der Waals surface area contributed by atoms with Crippen molar-refractivity contribution in [2.75, 3.05) is 27.2 Å². The zero-order chi connectivity index (χ0) is 15.6. The Bertz CT molecular complexity index is 609. The molecule has 1 aliphatic rings. The van der Waals surface area contributed by atoms with Gasteiger partial charge in [-0.1, -0.05) is 15.9 Å². The molecule has 6 nitrogen and oxygen atoms in total. The number of nitrogens with zero attached hydrogens (tertiary/aromatic N) is 1. The van der Waals surface area contributed by atoms with Crippen molar-refractivity contribution in [2.45, 2.75) is 23.4 Å². The molecule has 0 saturated carbocycles. The lowest BCUT2D eigenvalue weighted by Gasteiger charge is -2.16. The van der Waals surface area contributed by atoms with E-state index in [0.717, 1.165) is 0 Å². The summed E-state index contributed by atoms with van der Waals surface area (Å²) in [5.74, 6) is 0.326. The van der Waals surface area contributed by atoms with Crippen LogP contribution in [0.4, 0.5) is 0 Å². The molecule has 0 spiro atoms. The lowest BCUT2D eigenvalue weighted by atomic mass is 10.2. The summed E-state index contributed by atoms with van der Waals surface area (Å²) in [6.45, 7) is 1.17. The van der Waals surface area contributed by atoms with E-state index in [2.05, 4.69) is 25.6 Å². The van der Waals surface area contributed by atoms with E-state index < -0.39 is 10.0 Å². The number of methoxy groups -OCH3 is 1. The molecule has 2 atom stereocenters. The highest BCUT2D eigenvalue weighted by molar-refractivity contribution is 9.10. The van der Waals surface area contributed by atoms with Crippen LogP contribution in [0, 0.1) is 0 Å². The van der Waals surface area contributed by atoms with E-state index in [1.165, 1.54) is 7.11 Å². The maximum Gasteiger partial charge on any atom is 0.244 e. The fourth-order valence-electron chi connectivity index (χ4n) is 2.58. The Morgan fingerprint density at radius 3 is 2.81 bits per heavy atom. The van der Waals surface area contributed by atoms with Gasteiger partial charge in [0.1, 0.15) is 10.6 Å². The van der Waals surface area contributed by atoms with Crippen LogP contribution in [-0.2, 0) is 10.0 Å². The molecule has 1 fully saturated rings. The molecule has 0 radical (unpaired) electrons. The molecule has 1 aromatic rings. The van der Waals surface area contributed by atoms with E-state index in [1.807, 2.05) is 7.05 Å². The van der Waals surface area contributed by atoms with Crippen molar-refractivity contribution in [1.29, 1.82) is 0 Å². The van der Waals surface area contributed by atoms with Crippen molar-refractivity contribution in [3.05, 3.63) is 22.7 Å². The summed E-state index contributed by atoms with van der Waals surface area (Å²) in [5, 5.41) is 0. The molecule has 0 amide bonds. The van der Waals surface area contributed by atoms with Crippen molar-refractivity contribution in [1.82, 2.24) is 9.62 Å². The molecule has 0 bridgehead atoms. The number of likely N-dealkylation sites (tertiary alicyclic amines) is 1. The number of hydrogen-bond acceptors (Lipinski definition) is 5. The van der Waals surface area contributed by atoms with Gasteiger partial charge in [-0.2, -0.15) is 0 Å². The van der Waals surface area contributed by atoms with Crippen LogP contribution in [0.1, 0.15) is 6.42 Å². The number of sulfonamides is 1. The number of halogens is 1. The molecule has 21 heavy (non-hydrogen) atoms. The third kappa shape index (κ3) is 3.75. The lowest BCUT2D eigenvalue weighted by Crippen LogP contribution is -2.36. The van der Waals surface area contributed by atoms with Crippen molar-refractivity contribution in [3.63, 3.8) is 0 Å². The van der Waals surface area contributed by atoms with E-state index in [0.29, 0.717) is 29.7 Å². The number of nitrogens with two attached hydrogens (primary N) is 1. The molecule has 3 N–H and O–H groups in total. The Morgan fingerprint density at radius 2 is 2.24 bits per heavy atom. The number of likely N-dealkylation sites (N-methyl/N-ethyl adjacent to an activating group) is 1. The summed E-state index contributed by atoms with van der Waals surface area (Å²) < 4.78 is 33.7. The van der Waals surface area contributed by atoms with Gasteiger partial charge in [-0.25, -0.2) is 13.1 Å². The van der Waals surface area contributed by atoms with Gasteiger partial charge in [-0.05, 0) is 31.7 Å². The van der Waals surface area contributed by atoms with Crippen molar-refractivity contribution < 1.29 is 13.2 Å². The highest BCUT2D eigenvalue weighted by Gasteiger charge is 2.32. The first-order valence-corrected chi connectivity index (χ1v) is 8.91. The predicted octanol–water partition coefficient (Wildman–Crippen LogP) is 0.767. The molecule has 0 aromatic heterocycles. The van der Waals surface area contributed by atoms with Gasteiger partial charge in [-0.3, -0.25) is 0 Å². The lowest BCUT2D eigenvalue weighted by molar-refractivity contribution is 0.315. The second-order valence-corrected chi connectivity index (χ2v) is 7.78. The van der Waals surface area contributed by atoms with Crippen LogP contribution in [0.25, 0.3) is 0 Å². The quantitative estimate of drug-likeness (QED) is 0.791. The maximum absolute atomic E-state index is 12.6. The monoisotopic (exact) mass is 377 g/mol. The fourth-order valence-corrected chi connectivity index (χ4v) is 4.53. The van der Waals surface area contributed by atoms with E-state index in [9.17, 15) is 8.42 Å². The zero-order valence-electron chi connectivity index (χ0n) is 12.0. The first-order chi connectivity index (χ1) is 9.87. The summed E-state index contributed by atoms with van der Waals surface area (Å²) in [4.78, 5) is 2.21. The first-order valence-electron chi connectivity index (χ1n) is 6.63. The van der Waals surface area contributed by atoms with E-state index in [1.54, 1.807) is 18.2 Å². The number of hydrogen-bond donors (Lipinski definition) is 2. The largest absolute Gasteiger partial charge is 0.495 e. The van der Waals surface area contributed by atoms with Gasteiger partial charge in [-0.15, -0.1) is 0 Å². The highest BCUT2D eigenvalue weighted by atomic mass is 79.9. The van der Waals surface area contributed by atoms with Crippen molar-refractivity contribution in [2.24, 2.45) is 5.73 Å². The summed E-state index contributed by atoms with van der Waals surface area (Å²) >= 11 is 3.29. The van der Waals surface area contributed by atoms with Gasteiger partial charge < -0.3 is 15.4 Å². The minimum absolute atomic E-state index is 0.137. The topological polar surface area (TPSA) is 84.7 Å². The zero-order valence-corrected chi connectivity index (χ0v) is 14.4. The first kappa shape index (κ1) is 16.7. The van der Waals surface area contributed by atoms with Crippen LogP contribution in [0.5, 0.6) is 5.75 Å². The molecule has 1 heterocycles. The second-order valence-electron chi connectivity index (χ2n) is 5.18. The molecule has 118 valence electrons. The van der Waals surface area contributed by atoms with Gasteiger partial charge in [0.25, 0.3) is 0 Å². The van der Waals surface area contributed by atoms with Gasteiger partial charge in [0.2, 0.25) is 10.0 Å². The standard InChI is InChI=1S/C13H20BrN3O3S/c1-17-8-10(6-11(17)7-15)16-21(18,19)13-5-9(14)3-4-12(13)20-2/h3-5,10-11,16H,6-8,15H2,1-2H3/t10-,11-/m1/s1. The smallest absolute Gasteiger partial charge is 0.244 e. The van der Waals surface area contributed by atoms with Gasteiger partial charge >= 0.3 is 0 Å². The molecule has 0 aliphatic carbocycles. The van der Waals surface area contributed by atoms with E-state index in [4.69, 9.17) is 10.5 Å². The number of ether oxygens (including phenoxy) is 1. The average Bonchev–Trinajstić information content (AvgIpc) is 2.77. The SMILES string of the molecule is COc1ccc(Br)cc1S(=O)(=O)N[C@@H]1C[C@H](CN)N(C)C1. The molecular weight excluding hydrogens is 358 g/mol. The molecule has 2 rings (SSSR count). The number of rotatable bonds is 5. The second kappa shape index (κ2) is 6.62. The van der Waals surface area contributed by atoms with E-state index >= 15 is 0 Å². The minimum Gasteiger partial charge on any atom is -0.495 e. The van der Waals surface area contributed by atoms with Crippen LogP contribution in [0.15, 0.2) is 27.6 Å². The molecule has 1 saturated heterocycles. The Balaban J connectivity index is 2.22. The van der Waals surface area contributed by atoms with Crippen LogP contribution >= 0.6 is 15.9 Å². The van der Waals surface area contributed by atoms with Crippen LogP contribution in [-0.4, -0.2) is 52.6 Å². The number of nitrogens with one attached hydrogen (secondary N) is 1. The summed E-state index contributed by atoms with van der Waals surface area (Å²) in [6, 6.07) is 4.98. The summed E-state index contributed by atoms with van der Waals surface area (Å²) in [7, 11) is -0.232. The third-order valence-electron chi connectivity index (χ3n) is 3.70. The Kier molecular flexibility index (Phi) is 5.26. The Morgan fingerprint density at radius 1 is 1.52 bits per heavy atom. The molecule has 8 heteroatoms. The van der Waals surface area contributed by atoms with Crippen LogP contribution in [0.2, 0.25) is 0 Å². The third-order valence-corrected chi connectivity index (χ3v) is 5.73. The summed E-state index contributed by atoms with van der Waals surface area (Å²) in [5.41, 5.74) is 5.68. The molecular formula is C13H20BrN3O3S. The fraction of sp³-hybridized carbons (Fsp3) is 0.538. The number of benzene rings is 1. The maximum atomic E-state index is 12.6. The molecule has 1 aliphatic heterocycles. The Labute approximate surface area is 133 Å². The predicted molar refractivity (Wildman–Crippen MR) is 84.9 cm³/mol. The van der Waals surface area contributed by atoms with Gasteiger partial charge in [0, 0.05) is 29.6 Å². The average molecular weight is 378 g/mol. The van der Waals surface area contributed by atoms with Gasteiger partial charge in [0.05, 0.1) is 7.11 Å². The minimum atomic E-state index is -3.64. The normalized spacial score (nSPS) is 23.4. The molecule has 0 unspecified atom stereocenters. The van der Waals surface area contributed by atoms with Gasteiger partial charge in [0.15, 0.2) is 0 Å². The molecule has 1 aromatic carbocycles. The Hall–Kier alpha value is -0.670. The van der Waals surface area contributed by atoms with Crippen LogP contribution < -0.4 is 15.2 Å². The summed E-state index contributed by atoms with van der Waals surface area (Å²) in [6.07, 6.45) is 0.711. The van der Waals surface area contributed by atoms with Crippen LogP contribution in [0.3, 0.4) is 0 Å².